The number of hydrogen-bond acceptors (Lipinski definition) is 6. The van der Waals surface area contributed by atoms with E-state index in [2.05, 4.69) is 16.2 Å². The number of ether oxygens (including phenoxy) is 2. The Morgan fingerprint density at radius 1 is 1.00 bits per heavy atom. The molecule has 0 aliphatic heterocycles. The summed E-state index contributed by atoms with van der Waals surface area (Å²) in [5.41, 5.74) is 5.05. The molecule has 144 valence electrons. The Bertz CT molecular complexity index is 788. The lowest BCUT2D eigenvalue weighted by atomic mass is 10.1. The van der Waals surface area contributed by atoms with Crippen LogP contribution in [0.1, 0.15) is 17.7 Å². The molecule has 0 saturated heterocycles. The minimum absolute atomic E-state index is 0.0723. The van der Waals surface area contributed by atoms with Crippen molar-refractivity contribution in [3.63, 3.8) is 0 Å². The van der Waals surface area contributed by atoms with E-state index in [0.29, 0.717) is 23.7 Å². The lowest BCUT2D eigenvalue weighted by Gasteiger charge is -2.12. The summed E-state index contributed by atoms with van der Waals surface area (Å²) in [7, 11) is 3.05. The molecule has 0 saturated carbocycles. The van der Waals surface area contributed by atoms with Crippen LogP contribution in [0.2, 0.25) is 0 Å². The number of amides is 3. The maximum absolute atomic E-state index is 11.9. The van der Waals surface area contributed by atoms with E-state index in [9.17, 15) is 14.4 Å². The van der Waals surface area contributed by atoms with Gasteiger partial charge in [0, 0.05) is 6.42 Å². The molecule has 0 unspecified atom stereocenters. The van der Waals surface area contributed by atoms with Crippen LogP contribution in [0.4, 0.5) is 0 Å². The van der Waals surface area contributed by atoms with Crippen LogP contribution < -0.4 is 25.6 Å². The van der Waals surface area contributed by atoms with Crippen LogP contribution in [0.25, 0.3) is 0 Å². The zero-order chi connectivity index (χ0) is 19.6. The molecule has 0 aliphatic rings. The average molecular weight is 375 g/mol. The third-order valence-electron chi connectivity index (χ3n) is 3.63. The Hall–Kier alpha value is -3.49. The van der Waals surface area contributed by atoms with E-state index in [1.54, 1.807) is 24.3 Å². The van der Waals surface area contributed by atoms with Crippen molar-refractivity contribution in [1.29, 1.82) is 0 Å². The predicted molar refractivity (Wildman–Crippen MR) is 94.7 cm³/mol. The van der Waals surface area contributed by atoms with Gasteiger partial charge in [0.25, 0.3) is 0 Å². The number of carbonyl (C=O) groups excluding carboxylic acids is 3. The van der Waals surface area contributed by atoms with Gasteiger partial charge < -0.3 is 19.2 Å². The fraction of sp³-hybridized carbons (Fsp3) is 0.278. The van der Waals surface area contributed by atoms with Crippen LogP contribution in [-0.4, -0.2) is 31.9 Å². The van der Waals surface area contributed by atoms with Crippen molar-refractivity contribution < 1.29 is 28.3 Å². The van der Waals surface area contributed by atoms with Crippen LogP contribution in [0.5, 0.6) is 11.5 Å². The number of hydrogen-bond donors (Lipinski definition) is 3. The normalized spacial score (nSPS) is 10.0. The lowest BCUT2D eigenvalue weighted by Crippen LogP contribution is -2.48. The number of furan rings is 1. The van der Waals surface area contributed by atoms with Crippen molar-refractivity contribution in [3.05, 3.63) is 47.9 Å². The first-order valence-electron chi connectivity index (χ1n) is 8.14. The molecule has 3 amide bonds. The summed E-state index contributed by atoms with van der Waals surface area (Å²) >= 11 is 0. The van der Waals surface area contributed by atoms with Gasteiger partial charge >= 0.3 is 11.8 Å². The molecular weight excluding hydrogens is 354 g/mol. The number of hydrazine groups is 1. The summed E-state index contributed by atoms with van der Waals surface area (Å²) in [6.07, 6.45) is 1.91. The Morgan fingerprint density at radius 3 is 2.48 bits per heavy atom. The molecular formula is C18H21N3O6. The van der Waals surface area contributed by atoms with Crippen LogP contribution in [0.15, 0.2) is 41.0 Å². The van der Waals surface area contributed by atoms with E-state index in [0.717, 1.165) is 5.56 Å². The summed E-state index contributed by atoms with van der Waals surface area (Å²) in [4.78, 5) is 35.2. The molecule has 27 heavy (non-hydrogen) atoms. The van der Waals surface area contributed by atoms with Crippen LogP contribution in [0, 0.1) is 0 Å². The first-order chi connectivity index (χ1) is 13.0. The number of rotatable bonds is 7. The first kappa shape index (κ1) is 19.8. The molecule has 0 aliphatic carbocycles. The van der Waals surface area contributed by atoms with Crippen LogP contribution in [-0.2, 0) is 27.3 Å². The molecule has 0 spiro atoms. The number of aryl methyl sites for hydroxylation is 1. The minimum atomic E-state index is -0.978. The monoisotopic (exact) mass is 375 g/mol. The number of methoxy groups -OCH3 is 2. The predicted octanol–water partition coefficient (Wildman–Crippen LogP) is 0.693. The molecule has 2 rings (SSSR count). The Balaban J connectivity index is 1.76. The summed E-state index contributed by atoms with van der Waals surface area (Å²) in [5.74, 6) is -0.694. The zero-order valence-corrected chi connectivity index (χ0v) is 15.0. The van der Waals surface area contributed by atoms with E-state index in [4.69, 9.17) is 13.9 Å². The zero-order valence-electron chi connectivity index (χ0n) is 15.0. The molecule has 2 aromatic rings. The highest BCUT2D eigenvalue weighted by Crippen LogP contribution is 2.31. The molecule has 3 N–H and O–H groups in total. The fourth-order valence-corrected chi connectivity index (χ4v) is 2.31. The van der Waals surface area contributed by atoms with Gasteiger partial charge in [0.05, 0.1) is 27.0 Å². The van der Waals surface area contributed by atoms with E-state index < -0.39 is 17.7 Å². The second kappa shape index (κ2) is 9.85. The minimum Gasteiger partial charge on any atom is -0.493 e. The molecule has 1 aromatic heterocycles. The standard InChI is InChI=1S/C18H21N3O6/c1-25-14-7-3-5-12(16(14)26-2)8-9-15(22)20-21-18(24)17(23)19-11-13-6-4-10-27-13/h3-7,10H,8-9,11H2,1-2H3,(H,19,23)(H,20,22)(H,21,24). The Labute approximate surface area is 156 Å². The molecule has 9 nitrogen and oxygen atoms in total. The van der Waals surface area contributed by atoms with Gasteiger partial charge in [-0.15, -0.1) is 0 Å². The van der Waals surface area contributed by atoms with Crippen molar-refractivity contribution in [2.45, 2.75) is 19.4 Å². The van der Waals surface area contributed by atoms with E-state index in [1.165, 1.54) is 20.5 Å². The maximum atomic E-state index is 11.9. The Morgan fingerprint density at radius 2 is 1.81 bits per heavy atom. The summed E-state index contributed by atoms with van der Waals surface area (Å²) < 4.78 is 15.5. The van der Waals surface area contributed by atoms with Crippen LogP contribution in [0.3, 0.4) is 0 Å². The highest BCUT2D eigenvalue weighted by atomic mass is 16.5. The summed E-state index contributed by atoms with van der Waals surface area (Å²) in [6, 6.07) is 8.69. The third-order valence-corrected chi connectivity index (χ3v) is 3.63. The van der Waals surface area contributed by atoms with Gasteiger partial charge in [-0.3, -0.25) is 25.2 Å². The van der Waals surface area contributed by atoms with Gasteiger partial charge in [0.1, 0.15) is 5.76 Å². The second-order valence-corrected chi connectivity index (χ2v) is 5.42. The molecule has 1 aromatic carbocycles. The van der Waals surface area contributed by atoms with Gasteiger partial charge in [-0.2, -0.15) is 0 Å². The Kier molecular flexibility index (Phi) is 7.24. The number of para-hydroxylation sites is 1. The average Bonchev–Trinajstić information content (AvgIpc) is 3.21. The van der Waals surface area contributed by atoms with Crippen molar-refractivity contribution in [1.82, 2.24) is 16.2 Å². The van der Waals surface area contributed by atoms with Gasteiger partial charge in [-0.05, 0) is 30.2 Å². The quantitative estimate of drug-likeness (QED) is 0.484. The summed E-state index contributed by atoms with van der Waals surface area (Å²) in [6.45, 7) is 0.0723. The van der Waals surface area contributed by atoms with Gasteiger partial charge in [0.15, 0.2) is 11.5 Å². The molecule has 0 atom stereocenters. The van der Waals surface area contributed by atoms with Gasteiger partial charge in [-0.25, -0.2) is 0 Å². The number of nitrogens with one attached hydrogen (secondary N) is 3. The van der Waals surface area contributed by atoms with Crippen molar-refractivity contribution in [2.24, 2.45) is 0 Å². The second-order valence-electron chi connectivity index (χ2n) is 5.42. The molecule has 0 bridgehead atoms. The van der Waals surface area contributed by atoms with E-state index in [1.807, 2.05) is 6.07 Å². The van der Waals surface area contributed by atoms with E-state index in [-0.39, 0.29) is 13.0 Å². The SMILES string of the molecule is COc1cccc(CCC(=O)NNC(=O)C(=O)NCc2ccco2)c1OC. The summed E-state index contributed by atoms with van der Waals surface area (Å²) in [5, 5.41) is 2.37. The number of carbonyl (C=O) groups is 3. The highest BCUT2D eigenvalue weighted by molar-refractivity contribution is 6.35. The van der Waals surface area contributed by atoms with E-state index >= 15 is 0 Å². The number of benzene rings is 1. The van der Waals surface area contributed by atoms with Crippen molar-refractivity contribution >= 4 is 17.7 Å². The van der Waals surface area contributed by atoms with Crippen molar-refractivity contribution in [2.75, 3.05) is 14.2 Å². The first-order valence-corrected chi connectivity index (χ1v) is 8.14. The smallest absolute Gasteiger partial charge is 0.327 e. The maximum Gasteiger partial charge on any atom is 0.327 e. The van der Waals surface area contributed by atoms with Crippen molar-refractivity contribution in [3.8, 4) is 11.5 Å². The van der Waals surface area contributed by atoms with Gasteiger partial charge in [-0.1, -0.05) is 12.1 Å². The molecule has 1 heterocycles. The topological polar surface area (TPSA) is 119 Å². The van der Waals surface area contributed by atoms with Gasteiger partial charge in [0.2, 0.25) is 5.91 Å². The molecule has 0 radical (unpaired) electrons. The van der Waals surface area contributed by atoms with Crippen LogP contribution >= 0.6 is 0 Å². The molecule has 9 heteroatoms. The molecule has 0 fully saturated rings. The highest BCUT2D eigenvalue weighted by Gasteiger charge is 2.15. The third kappa shape index (κ3) is 5.77. The largest absolute Gasteiger partial charge is 0.493 e. The fourth-order valence-electron chi connectivity index (χ4n) is 2.31. The lowest BCUT2D eigenvalue weighted by molar-refractivity contribution is -0.141.